The number of hydrogen-bond donors (Lipinski definition) is 2. The highest BCUT2D eigenvalue weighted by molar-refractivity contribution is 6.40. The van der Waals surface area contributed by atoms with Gasteiger partial charge in [0.2, 0.25) is 11.6 Å². The number of hydrogen-bond acceptors (Lipinski definition) is 6. The standard InChI is InChI=1S/C9H12O6/c1-4(10)15-3-5-2-6(11)8(13)9(14)7(5)12/h5-6,8,11,13H,2-3H2,1H3/t5?,6-,8+/m1/s1. The molecule has 0 aromatic carbocycles. The number of carbonyl (C=O) groups excluding carboxylic acids is 3. The maximum atomic E-state index is 11.3. The summed E-state index contributed by atoms with van der Waals surface area (Å²) in [5.74, 6) is -3.23. The molecule has 0 aromatic rings. The second-order valence-electron chi connectivity index (χ2n) is 3.48. The average molecular weight is 216 g/mol. The minimum atomic E-state index is -1.65. The molecule has 1 fully saturated rings. The number of carbonyl (C=O) groups is 3. The van der Waals surface area contributed by atoms with Gasteiger partial charge in [-0.25, -0.2) is 0 Å². The fourth-order valence-corrected chi connectivity index (χ4v) is 1.41. The van der Waals surface area contributed by atoms with E-state index in [-0.39, 0.29) is 13.0 Å². The van der Waals surface area contributed by atoms with E-state index in [1.807, 2.05) is 0 Å². The number of ketones is 2. The Morgan fingerprint density at radius 3 is 2.53 bits per heavy atom. The molecule has 0 spiro atoms. The molecule has 0 radical (unpaired) electrons. The first-order valence-electron chi connectivity index (χ1n) is 4.51. The van der Waals surface area contributed by atoms with Crippen LogP contribution in [0.25, 0.3) is 0 Å². The third kappa shape index (κ3) is 2.60. The zero-order valence-electron chi connectivity index (χ0n) is 8.17. The lowest BCUT2D eigenvalue weighted by molar-refractivity contribution is -0.157. The summed E-state index contributed by atoms with van der Waals surface area (Å²) in [7, 11) is 0. The monoisotopic (exact) mass is 216 g/mol. The van der Waals surface area contributed by atoms with Gasteiger partial charge in [0, 0.05) is 6.92 Å². The molecule has 0 aromatic heterocycles. The normalized spacial score (nSPS) is 31.5. The van der Waals surface area contributed by atoms with Crippen molar-refractivity contribution in [2.45, 2.75) is 25.6 Å². The third-order valence-electron chi connectivity index (χ3n) is 2.26. The number of ether oxygens (including phenoxy) is 1. The fraction of sp³-hybridized carbons (Fsp3) is 0.667. The predicted molar refractivity (Wildman–Crippen MR) is 46.8 cm³/mol. The van der Waals surface area contributed by atoms with E-state index in [0.29, 0.717) is 0 Å². The van der Waals surface area contributed by atoms with E-state index in [0.717, 1.165) is 0 Å². The van der Waals surface area contributed by atoms with Crippen LogP contribution in [-0.2, 0) is 19.1 Å². The van der Waals surface area contributed by atoms with Crippen molar-refractivity contribution in [3.05, 3.63) is 0 Å². The van der Waals surface area contributed by atoms with Crippen LogP contribution in [0.2, 0.25) is 0 Å². The van der Waals surface area contributed by atoms with Crippen molar-refractivity contribution in [2.24, 2.45) is 5.92 Å². The minimum Gasteiger partial charge on any atom is -0.465 e. The van der Waals surface area contributed by atoms with Crippen molar-refractivity contribution in [3.63, 3.8) is 0 Å². The zero-order valence-corrected chi connectivity index (χ0v) is 8.17. The molecular formula is C9H12O6. The molecule has 6 nitrogen and oxygen atoms in total. The lowest BCUT2D eigenvalue weighted by Crippen LogP contribution is -2.49. The summed E-state index contributed by atoms with van der Waals surface area (Å²) in [6.45, 7) is 0.948. The molecule has 6 heteroatoms. The number of Topliss-reactive ketones (excluding diaryl/α,β-unsaturated/α-hetero) is 2. The third-order valence-corrected chi connectivity index (χ3v) is 2.26. The molecule has 0 heterocycles. The molecule has 1 aliphatic carbocycles. The Hall–Kier alpha value is -1.27. The van der Waals surface area contributed by atoms with Gasteiger partial charge >= 0.3 is 5.97 Å². The van der Waals surface area contributed by atoms with Crippen LogP contribution >= 0.6 is 0 Å². The Morgan fingerprint density at radius 2 is 2.00 bits per heavy atom. The summed E-state index contributed by atoms with van der Waals surface area (Å²) in [6.07, 6.45) is -2.99. The first-order chi connectivity index (χ1) is 6.93. The van der Waals surface area contributed by atoms with E-state index in [4.69, 9.17) is 5.11 Å². The molecule has 3 atom stereocenters. The van der Waals surface area contributed by atoms with Gasteiger partial charge in [-0.3, -0.25) is 14.4 Å². The SMILES string of the molecule is CC(=O)OCC1C[C@@H](O)[C@H](O)C(=O)C1=O. The van der Waals surface area contributed by atoms with Crippen LogP contribution in [0.3, 0.4) is 0 Å². The van der Waals surface area contributed by atoms with Gasteiger partial charge < -0.3 is 14.9 Å². The van der Waals surface area contributed by atoms with Gasteiger partial charge in [-0.05, 0) is 6.42 Å². The Morgan fingerprint density at radius 1 is 1.40 bits per heavy atom. The van der Waals surface area contributed by atoms with Gasteiger partial charge in [0.05, 0.1) is 12.0 Å². The van der Waals surface area contributed by atoms with Crippen molar-refractivity contribution in [1.29, 1.82) is 0 Å². The van der Waals surface area contributed by atoms with Crippen molar-refractivity contribution >= 4 is 17.5 Å². The van der Waals surface area contributed by atoms with E-state index >= 15 is 0 Å². The largest absolute Gasteiger partial charge is 0.465 e. The molecule has 0 saturated heterocycles. The summed E-state index contributed by atoms with van der Waals surface area (Å²) < 4.78 is 4.58. The highest BCUT2D eigenvalue weighted by Crippen LogP contribution is 2.19. The number of aliphatic hydroxyl groups excluding tert-OH is 2. The molecule has 1 saturated carbocycles. The molecule has 1 unspecified atom stereocenters. The Labute approximate surface area is 85.8 Å². The number of aliphatic hydroxyl groups is 2. The molecular weight excluding hydrogens is 204 g/mol. The zero-order chi connectivity index (χ0) is 11.6. The first kappa shape index (κ1) is 11.8. The van der Waals surface area contributed by atoms with Gasteiger partial charge in [0.1, 0.15) is 12.7 Å². The van der Waals surface area contributed by atoms with Crippen LogP contribution in [0.15, 0.2) is 0 Å². The van der Waals surface area contributed by atoms with Crippen LogP contribution in [0.5, 0.6) is 0 Å². The van der Waals surface area contributed by atoms with Crippen LogP contribution in [0, 0.1) is 5.92 Å². The van der Waals surface area contributed by atoms with E-state index in [1.165, 1.54) is 6.92 Å². The number of esters is 1. The smallest absolute Gasteiger partial charge is 0.302 e. The van der Waals surface area contributed by atoms with Crippen molar-refractivity contribution < 1.29 is 29.3 Å². The molecule has 1 aliphatic rings. The van der Waals surface area contributed by atoms with Gasteiger partial charge in [0.25, 0.3) is 0 Å². The summed E-state index contributed by atoms with van der Waals surface area (Å²) in [5, 5.41) is 18.3. The lowest BCUT2D eigenvalue weighted by Gasteiger charge is -2.27. The van der Waals surface area contributed by atoms with Crippen molar-refractivity contribution in [1.82, 2.24) is 0 Å². The van der Waals surface area contributed by atoms with E-state index in [1.54, 1.807) is 0 Å². The lowest BCUT2D eigenvalue weighted by atomic mass is 9.84. The molecule has 84 valence electrons. The maximum absolute atomic E-state index is 11.3. The quantitative estimate of drug-likeness (QED) is 0.427. The second-order valence-corrected chi connectivity index (χ2v) is 3.48. The Balaban J connectivity index is 2.63. The Kier molecular flexibility index (Phi) is 3.54. The topological polar surface area (TPSA) is 101 Å². The fourth-order valence-electron chi connectivity index (χ4n) is 1.41. The minimum absolute atomic E-state index is 0.0704. The highest BCUT2D eigenvalue weighted by Gasteiger charge is 2.41. The Bertz CT molecular complexity index is 297. The summed E-state index contributed by atoms with van der Waals surface area (Å²) in [4.78, 5) is 32.9. The molecule has 15 heavy (non-hydrogen) atoms. The molecule has 2 N–H and O–H groups in total. The van der Waals surface area contributed by atoms with Crippen LogP contribution in [0.4, 0.5) is 0 Å². The van der Waals surface area contributed by atoms with Gasteiger partial charge in [0.15, 0.2) is 0 Å². The first-order valence-corrected chi connectivity index (χ1v) is 4.51. The van der Waals surface area contributed by atoms with Crippen LogP contribution < -0.4 is 0 Å². The molecule has 0 aliphatic heterocycles. The van der Waals surface area contributed by atoms with E-state index < -0.39 is 35.7 Å². The summed E-state index contributed by atoms with van der Waals surface area (Å²) in [6, 6.07) is 0. The molecule has 0 bridgehead atoms. The second kappa shape index (κ2) is 4.50. The summed E-state index contributed by atoms with van der Waals surface area (Å²) >= 11 is 0. The van der Waals surface area contributed by atoms with Crippen LogP contribution in [0.1, 0.15) is 13.3 Å². The van der Waals surface area contributed by atoms with Gasteiger partial charge in [-0.15, -0.1) is 0 Å². The van der Waals surface area contributed by atoms with Crippen molar-refractivity contribution in [3.8, 4) is 0 Å². The van der Waals surface area contributed by atoms with Crippen molar-refractivity contribution in [2.75, 3.05) is 6.61 Å². The van der Waals surface area contributed by atoms with Crippen LogP contribution in [-0.4, -0.2) is 46.6 Å². The van der Waals surface area contributed by atoms with Gasteiger partial charge in [-0.2, -0.15) is 0 Å². The van der Waals surface area contributed by atoms with E-state index in [9.17, 15) is 19.5 Å². The molecule has 0 amide bonds. The summed E-state index contributed by atoms with van der Waals surface area (Å²) in [5.41, 5.74) is 0. The van der Waals surface area contributed by atoms with E-state index in [2.05, 4.69) is 4.74 Å². The predicted octanol–water partition coefficient (Wildman–Crippen LogP) is -1.57. The van der Waals surface area contributed by atoms with Gasteiger partial charge in [-0.1, -0.05) is 0 Å². The maximum Gasteiger partial charge on any atom is 0.302 e. The number of rotatable bonds is 2. The highest BCUT2D eigenvalue weighted by atomic mass is 16.5. The molecule has 1 rings (SSSR count). The average Bonchev–Trinajstić information content (AvgIpc) is 2.18.